The van der Waals surface area contributed by atoms with Crippen molar-refractivity contribution in [2.75, 3.05) is 13.2 Å². The molecule has 1 unspecified atom stereocenters. The number of aliphatic hydroxyl groups excluding tert-OH is 1. The first kappa shape index (κ1) is 86.8. The van der Waals surface area contributed by atoms with Crippen LogP contribution in [0.15, 0.2) is 97.2 Å². The number of rotatable bonds is 74. The third-order valence-electron chi connectivity index (χ3n) is 17.9. The lowest BCUT2D eigenvalue weighted by Gasteiger charge is -2.15. The Hall–Kier alpha value is -3.18. The molecule has 0 aliphatic heterocycles. The van der Waals surface area contributed by atoms with Crippen LogP contribution in [0.25, 0.3) is 0 Å². The van der Waals surface area contributed by atoms with Crippen LogP contribution in [0.3, 0.4) is 0 Å². The maximum absolute atomic E-state index is 12.4. The van der Waals surface area contributed by atoms with Gasteiger partial charge in [-0.1, -0.05) is 406 Å². The van der Waals surface area contributed by atoms with E-state index >= 15 is 0 Å². The fourth-order valence-electron chi connectivity index (χ4n) is 12.0. The van der Waals surface area contributed by atoms with Crippen molar-refractivity contribution >= 4 is 11.9 Å². The molecule has 0 rings (SSSR count). The first-order chi connectivity index (χ1) is 44.6. The van der Waals surface area contributed by atoms with E-state index in [1.807, 2.05) is 0 Å². The van der Waals surface area contributed by atoms with Crippen LogP contribution in [0, 0.1) is 0 Å². The van der Waals surface area contributed by atoms with Crippen molar-refractivity contribution in [3.63, 3.8) is 0 Å². The van der Waals surface area contributed by atoms with E-state index in [9.17, 15) is 14.7 Å². The van der Waals surface area contributed by atoms with Gasteiger partial charge in [-0.05, 0) is 89.9 Å². The predicted molar refractivity (Wildman–Crippen MR) is 399 cm³/mol. The van der Waals surface area contributed by atoms with Gasteiger partial charge in [0, 0.05) is 12.8 Å². The summed E-state index contributed by atoms with van der Waals surface area (Å²) in [5.41, 5.74) is 0. The van der Waals surface area contributed by atoms with Crippen molar-refractivity contribution in [1.29, 1.82) is 0 Å². The number of aliphatic hydroxyl groups is 1. The molecule has 0 radical (unpaired) electrons. The summed E-state index contributed by atoms with van der Waals surface area (Å²) < 4.78 is 10.8. The quantitative estimate of drug-likeness (QED) is 0.0373. The van der Waals surface area contributed by atoms with Crippen LogP contribution in [0.2, 0.25) is 0 Å². The van der Waals surface area contributed by atoms with E-state index in [1.165, 1.54) is 295 Å². The molecule has 5 nitrogen and oxygen atoms in total. The summed E-state index contributed by atoms with van der Waals surface area (Å²) in [5, 5.41) is 9.73. The van der Waals surface area contributed by atoms with Crippen LogP contribution >= 0.6 is 0 Å². The Labute approximate surface area is 561 Å². The molecule has 0 bridgehead atoms. The van der Waals surface area contributed by atoms with Gasteiger partial charge in [0.1, 0.15) is 6.61 Å². The lowest BCUT2D eigenvalue weighted by atomic mass is 10.0. The molecule has 0 saturated carbocycles. The number of carbonyl (C=O) groups excluding carboxylic acids is 2. The molecule has 0 fully saturated rings. The SMILES string of the molecule is CC/C=C\C/C=C\C/C=C\C/C=C\CCCCCCCCCCCCCCCCCCCCCCCCCCCCCCC(=O)OC(CO)COC(=O)CCCCCCCCCCCCCCCCCCCCCCCC/C=C\C/C=C\C/C=C\C/C=C\CC. The Morgan fingerprint density at radius 3 is 0.667 bits per heavy atom. The van der Waals surface area contributed by atoms with Gasteiger partial charge >= 0.3 is 11.9 Å². The second kappa shape index (κ2) is 80.1. The number of hydrogen-bond donors (Lipinski definition) is 1. The summed E-state index contributed by atoms with van der Waals surface area (Å²) in [6, 6.07) is 0. The Morgan fingerprint density at radius 1 is 0.256 bits per heavy atom. The zero-order chi connectivity index (χ0) is 64.7. The van der Waals surface area contributed by atoms with Gasteiger partial charge in [0.25, 0.3) is 0 Å². The van der Waals surface area contributed by atoms with Crippen molar-refractivity contribution in [1.82, 2.24) is 0 Å². The zero-order valence-electron chi connectivity index (χ0n) is 60.1. The van der Waals surface area contributed by atoms with Crippen molar-refractivity contribution in [2.24, 2.45) is 0 Å². The van der Waals surface area contributed by atoms with Crippen molar-refractivity contribution < 1.29 is 24.2 Å². The predicted octanol–water partition coefficient (Wildman–Crippen LogP) is 28.1. The summed E-state index contributed by atoms with van der Waals surface area (Å²) in [7, 11) is 0. The highest BCUT2D eigenvalue weighted by atomic mass is 16.6. The largest absolute Gasteiger partial charge is 0.462 e. The molecule has 0 saturated heterocycles. The Kier molecular flexibility index (Phi) is 77.2. The number of allylic oxidation sites excluding steroid dienone is 16. The molecule has 90 heavy (non-hydrogen) atoms. The number of ether oxygens (including phenoxy) is 2. The number of unbranched alkanes of at least 4 members (excludes halogenated alkanes) is 50. The van der Waals surface area contributed by atoms with E-state index in [1.54, 1.807) is 0 Å². The molecular formula is C85H152O5. The van der Waals surface area contributed by atoms with Crippen LogP contribution in [0.1, 0.15) is 412 Å². The molecule has 0 aromatic heterocycles. The number of esters is 2. The van der Waals surface area contributed by atoms with Gasteiger partial charge in [-0.3, -0.25) is 9.59 Å². The van der Waals surface area contributed by atoms with Crippen molar-refractivity contribution in [2.45, 2.75) is 418 Å². The Bertz CT molecular complexity index is 1660. The van der Waals surface area contributed by atoms with Gasteiger partial charge in [-0.15, -0.1) is 0 Å². The number of hydrogen-bond acceptors (Lipinski definition) is 5. The monoisotopic (exact) mass is 1250 g/mol. The van der Waals surface area contributed by atoms with Crippen LogP contribution in [0.4, 0.5) is 0 Å². The smallest absolute Gasteiger partial charge is 0.306 e. The standard InChI is InChI=1S/C85H152O5/c1-3-5-7-9-11-13-15-17-19-21-23-25-27-29-31-33-35-37-39-40-41-42-43-44-46-48-50-52-54-56-58-60-62-64-66-68-70-72-74-76-78-80-85(88)90-83(81-86)82-89-84(87)79-77-75-73-71-69-67-65-63-61-59-57-55-53-51-49-47-45-38-36-34-32-30-28-26-24-22-20-18-16-14-12-10-8-6-4-2/h5-8,11-14,17-20,23-26,83,86H,3-4,9-10,15-16,21-22,27-82H2,1-2H3/b7-5-,8-6-,13-11-,14-12-,19-17-,20-18-,25-23-,26-24-. The second-order valence-corrected chi connectivity index (χ2v) is 26.7. The van der Waals surface area contributed by atoms with Gasteiger partial charge in [0.15, 0.2) is 6.10 Å². The second-order valence-electron chi connectivity index (χ2n) is 26.7. The minimum absolute atomic E-state index is 0.0614. The number of carbonyl (C=O) groups is 2. The average molecular weight is 1250 g/mol. The maximum Gasteiger partial charge on any atom is 0.306 e. The van der Waals surface area contributed by atoms with Crippen molar-refractivity contribution in [3.8, 4) is 0 Å². The topological polar surface area (TPSA) is 72.8 Å². The van der Waals surface area contributed by atoms with Gasteiger partial charge < -0.3 is 14.6 Å². The zero-order valence-corrected chi connectivity index (χ0v) is 60.1. The third-order valence-corrected chi connectivity index (χ3v) is 17.9. The molecule has 0 aromatic rings. The van der Waals surface area contributed by atoms with Crippen LogP contribution in [-0.2, 0) is 19.1 Å². The van der Waals surface area contributed by atoms with E-state index in [4.69, 9.17) is 9.47 Å². The van der Waals surface area contributed by atoms with E-state index in [2.05, 4.69) is 111 Å². The first-order valence-corrected chi connectivity index (χ1v) is 39.8. The maximum atomic E-state index is 12.4. The molecule has 0 aromatic carbocycles. The van der Waals surface area contributed by atoms with Gasteiger partial charge in [-0.2, -0.15) is 0 Å². The van der Waals surface area contributed by atoms with E-state index in [0.717, 1.165) is 89.9 Å². The Balaban J connectivity index is 3.37. The van der Waals surface area contributed by atoms with Gasteiger partial charge in [0.05, 0.1) is 6.61 Å². The molecule has 0 aliphatic rings. The summed E-state index contributed by atoms with van der Waals surface area (Å²) in [6.45, 7) is 3.97. The summed E-state index contributed by atoms with van der Waals surface area (Å²) in [5.74, 6) is -0.567. The van der Waals surface area contributed by atoms with E-state index in [-0.39, 0.29) is 25.2 Å². The highest BCUT2D eigenvalue weighted by Gasteiger charge is 2.16. The Morgan fingerprint density at radius 2 is 0.444 bits per heavy atom. The van der Waals surface area contributed by atoms with Gasteiger partial charge in [0.2, 0.25) is 0 Å². The molecule has 0 spiro atoms. The molecule has 0 amide bonds. The minimum atomic E-state index is -0.773. The molecular weight excluding hydrogens is 1100 g/mol. The van der Waals surface area contributed by atoms with Gasteiger partial charge in [-0.25, -0.2) is 0 Å². The molecule has 522 valence electrons. The minimum Gasteiger partial charge on any atom is -0.462 e. The third kappa shape index (κ3) is 77.3. The molecule has 0 aliphatic carbocycles. The fourth-order valence-corrected chi connectivity index (χ4v) is 12.0. The van der Waals surface area contributed by atoms with Crippen molar-refractivity contribution in [3.05, 3.63) is 97.2 Å². The molecule has 1 atom stereocenters. The average Bonchev–Trinajstić information content (AvgIpc) is 3.60. The van der Waals surface area contributed by atoms with E-state index in [0.29, 0.717) is 12.8 Å². The normalized spacial score (nSPS) is 12.7. The van der Waals surface area contributed by atoms with E-state index < -0.39 is 6.10 Å². The highest BCUT2D eigenvalue weighted by molar-refractivity contribution is 5.70. The summed E-state index contributed by atoms with van der Waals surface area (Å²) in [6.07, 6.45) is 115. The van der Waals surface area contributed by atoms with Crippen LogP contribution in [-0.4, -0.2) is 36.4 Å². The summed E-state index contributed by atoms with van der Waals surface area (Å²) in [4.78, 5) is 24.7. The molecule has 0 heterocycles. The molecule has 5 heteroatoms. The summed E-state index contributed by atoms with van der Waals surface area (Å²) >= 11 is 0. The highest BCUT2D eigenvalue weighted by Crippen LogP contribution is 2.20. The first-order valence-electron chi connectivity index (χ1n) is 39.8. The molecule has 1 N–H and O–H groups in total. The lowest BCUT2D eigenvalue weighted by Crippen LogP contribution is -2.28. The van der Waals surface area contributed by atoms with Crippen LogP contribution in [0.5, 0.6) is 0 Å². The van der Waals surface area contributed by atoms with Crippen LogP contribution < -0.4 is 0 Å². The lowest BCUT2D eigenvalue weighted by molar-refractivity contribution is -0.161. The fraction of sp³-hybridized carbons (Fsp3) is 0.788.